The van der Waals surface area contributed by atoms with E-state index in [0.717, 1.165) is 21.9 Å². The number of carbonyl (C=O) groups is 3. The Morgan fingerprint density at radius 3 is 2.47 bits per heavy atom. The van der Waals surface area contributed by atoms with E-state index in [2.05, 4.69) is 10.3 Å². The SMILES string of the molecule is CC1(F)CCC(NC(=O)[C@H](c2ccccc2I)N(C(=O)[C@@H]2C[C@@H](O)C(=O)N2c2cc(C#N)ccn2)c2cc(F)cc(F)c2)CC1. The van der Waals surface area contributed by atoms with E-state index in [0.29, 0.717) is 28.0 Å². The summed E-state index contributed by atoms with van der Waals surface area (Å²) >= 11 is 1.99. The monoisotopic (exact) mass is 731 g/mol. The first-order valence-corrected chi connectivity index (χ1v) is 15.4. The maximum Gasteiger partial charge on any atom is 0.257 e. The second-order valence-electron chi connectivity index (χ2n) is 11.4. The van der Waals surface area contributed by atoms with Crippen molar-refractivity contribution in [1.82, 2.24) is 10.3 Å². The van der Waals surface area contributed by atoms with Crippen LogP contribution in [0, 0.1) is 26.5 Å². The van der Waals surface area contributed by atoms with E-state index >= 15 is 0 Å². The average molecular weight is 732 g/mol. The Labute approximate surface area is 271 Å². The van der Waals surface area contributed by atoms with Gasteiger partial charge in [-0.1, -0.05) is 18.2 Å². The second-order valence-corrected chi connectivity index (χ2v) is 12.6. The van der Waals surface area contributed by atoms with Crippen LogP contribution in [0.25, 0.3) is 0 Å². The molecule has 3 aromatic rings. The van der Waals surface area contributed by atoms with E-state index in [-0.39, 0.29) is 29.9 Å². The molecule has 0 spiro atoms. The van der Waals surface area contributed by atoms with Crippen molar-refractivity contribution in [2.24, 2.45) is 0 Å². The Morgan fingerprint density at radius 2 is 1.82 bits per heavy atom. The third kappa shape index (κ3) is 6.96. The van der Waals surface area contributed by atoms with Gasteiger partial charge in [0.15, 0.2) is 0 Å². The van der Waals surface area contributed by atoms with Gasteiger partial charge in [-0.25, -0.2) is 18.2 Å². The molecule has 0 unspecified atom stereocenters. The van der Waals surface area contributed by atoms with Crippen molar-refractivity contribution in [2.75, 3.05) is 9.80 Å². The van der Waals surface area contributed by atoms with Gasteiger partial charge in [-0.15, -0.1) is 0 Å². The summed E-state index contributed by atoms with van der Waals surface area (Å²) in [6, 6.07) is 10.3. The molecule has 1 aromatic heterocycles. The summed E-state index contributed by atoms with van der Waals surface area (Å²) in [5.41, 5.74) is -1.20. The summed E-state index contributed by atoms with van der Waals surface area (Å²) in [7, 11) is 0. The number of anilines is 2. The first-order valence-electron chi connectivity index (χ1n) is 14.3. The van der Waals surface area contributed by atoms with E-state index < -0.39 is 65.7 Å². The van der Waals surface area contributed by atoms with E-state index in [9.17, 15) is 37.9 Å². The normalized spacial score (nSPS) is 23.7. The summed E-state index contributed by atoms with van der Waals surface area (Å²) in [4.78, 5) is 48.1. The molecule has 3 atom stereocenters. The number of nitriles is 1. The molecule has 5 rings (SSSR count). The molecule has 234 valence electrons. The van der Waals surface area contributed by atoms with Crippen molar-refractivity contribution < 1.29 is 32.7 Å². The van der Waals surface area contributed by atoms with E-state index in [1.54, 1.807) is 24.3 Å². The molecule has 3 amide bonds. The number of halogens is 4. The van der Waals surface area contributed by atoms with Crippen LogP contribution in [0.4, 0.5) is 24.7 Å². The third-order valence-corrected chi connectivity index (χ3v) is 9.11. The minimum absolute atomic E-state index is 0.0916. The van der Waals surface area contributed by atoms with Gasteiger partial charge in [-0.2, -0.15) is 5.26 Å². The van der Waals surface area contributed by atoms with Crippen LogP contribution >= 0.6 is 22.6 Å². The van der Waals surface area contributed by atoms with Gasteiger partial charge in [0.2, 0.25) is 5.91 Å². The lowest BCUT2D eigenvalue weighted by Gasteiger charge is -2.37. The van der Waals surface area contributed by atoms with Crippen molar-refractivity contribution in [3.63, 3.8) is 0 Å². The maximum absolute atomic E-state index is 14.7. The quantitative estimate of drug-likeness (QED) is 0.335. The zero-order chi connectivity index (χ0) is 32.5. The molecule has 1 saturated heterocycles. The lowest BCUT2D eigenvalue weighted by Crippen LogP contribution is -2.53. The van der Waals surface area contributed by atoms with Crippen LogP contribution in [0.2, 0.25) is 0 Å². The van der Waals surface area contributed by atoms with Crippen LogP contribution in [-0.2, 0) is 14.4 Å². The smallest absolute Gasteiger partial charge is 0.257 e. The fourth-order valence-corrected chi connectivity index (χ4v) is 6.50. The molecule has 2 fully saturated rings. The lowest BCUT2D eigenvalue weighted by molar-refractivity contribution is -0.128. The number of pyridine rings is 1. The standard InChI is InChI=1S/C32H29F3IN5O4/c1-32(35)9-6-21(7-10-32)39-29(43)28(23-4-2-3-5-24(23)36)40(22-14-19(33)13-20(34)15-22)30(44)25-16-26(42)31(45)41(25)27-12-18(17-37)8-11-38-27/h2-5,8,11-15,21,25-26,28,42H,6-7,9-10,16H2,1H3,(H,39,43)/t21?,25-,26+,28-,32?/m0/s1. The summed E-state index contributed by atoms with van der Waals surface area (Å²) in [6.07, 6.45) is 0.351. The number of benzene rings is 2. The van der Waals surface area contributed by atoms with E-state index in [1.807, 2.05) is 28.7 Å². The van der Waals surface area contributed by atoms with Gasteiger partial charge in [0.25, 0.3) is 11.8 Å². The fraction of sp³-hybridized carbons (Fsp3) is 0.344. The van der Waals surface area contributed by atoms with E-state index in [1.165, 1.54) is 25.3 Å². The van der Waals surface area contributed by atoms with Crippen molar-refractivity contribution in [3.05, 3.63) is 87.1 Å². The molecular weight excluding hydrogens is 702 g/mol. The molecule has 45 heavy (non-hydrogen) atoms. The highest BCUT2D eigenvalue weighted by atomic mass is 127. The molecule has 1 saturated carbocycles. The number of nitrogens with one attached hydrogen (secondary N) is 1. The number of aliphatic hydroxyl groups excluding tert-OH is 1. The summed E-state index contributed by atoms with van der Waals surface area (Å²) in [6.45, 7) is 1.50. The molecule has 13 heteroatoms. The Bertz CT molecular complexity index is 1650. The second kappa shape index (κ2) is 13.1. The predicted octanol–water partition coefficient (Wildman–Crippen LogP) is 4.86. The maximum atomic E-state index is 14.7. The number of carbonyl (C=O) groups excluding carboxylic acids is 3. The first-order chi connectivity index (χ1) is 21.4. The Morgan fingerprint density at radius 1 is 1.16 bits per heavy atom. The van der Waals surface area contributed by atoms with Crippen molar-refractivity contribution in [1.29, 1.82) is 5.26 Å². The molecule has 2 heterocycles. The van der Waals surface area contributed by atoms with Gasteiger partial charge >= 0.3 is 0 Å². The van der Waals surface area contributed by atoms with Gasteiger partial charge in [-0.05, 0) is 91.1 Å². The van der Waals surface area contributed by atoms with Crippen LogP contribution in [-0.4, -0.2) is 51.7 Å². The zero-order valence-corrected chi connectivity index (χ0v) is 26.2. The Hall–Kier alpha value is -4.03. The summed E-state index contributed by atoms with van der Waals surface area (Å²) in [5, 5.41) is 22.9. The number of aliphatic hydroxyl groups is 1. The van der Waals surface area contributed by atoms with Gasteiger partial charge in [-0.3, -0.25) is 24.2 Å². The molecule has 0 radical (unpaired) electrons. The number of amides is 3. The molecule has 2 aromatic carbocycles. The van der Waals surface area contributed by atoms with Crippen molar-refractivity contribution in [2.45, 2.75) is 68.9 Å². The molecule has 2 aliphatic rings. The highest BCUT2D eigenvalue weighted by molar-refractivity contribution is 14.1. The van der Waals surface area contributed by atoms with Gasteiger partial charge in [0.05, 0.1) is 17.3 Å². The highest BCUT2D eigenvalue weighted by Gasteiger charge is 2.48. The molecule has 1 aliphatic carbocycles. The number of rotatable bonds is 7. The topological polar surface area (TPSA) is 127 Å². The molecule has 1 aliphatic heterocycles. The van der Waals surface area contributed by atoms with E-state index in [4.69, 9.17) is 0 Å². The average Bonchev–Trinajstić information content (AvgIpc) is 3.30. The first kappa shape index (κ1) is 32.4. The highest BCUT2D eigenvalue weighted by Crippen LogP contribution is 2.37. The van der Waals surface area contributed by atoms with Crippen LogP contribution in [0.3, 0.4) is 0 Å². The van der Waals surface area contributed by atoms with Crippen LogP contribution in [0.1, 0.15) is 56.2 Å². The van der Waals surface area contributed by atoms with Crippen LogP contribution < -0.4 is 15.1 Å². The number of nitrogens with zero attached hydrogens (tertiary/aromatic N) is 4. The molecule has 2 N–H and O–H groups in total. The molecule has 0 bridgehead atoms. The largest absolute Gasteiger partial charge is 0.383 e. The molecular formula is C32H29F3IN5O4. The number of hydrogen-bond acceptors (Lipinski definition) is 6. The van der Waals surface area contributed by atoms with Gasteiger partial charge in [0, 0.05) is 28.3 Å². The lowest BCUT2D eigenvalue weighted by atomic mass is 9.85. The predicted molar refractivity (Wildman–Crippen MR) is 167 cm³/mol. The summed E-state index contributed by atoms with van der Waals surface area (Å²) in [5.74, 6) is -4.58. The minimum atomic E-state index is -1.63. The fourth-order valence-electron chi connectivity index (χ4n) is 5.82. The van der Waals surface area contributed by atoms with Gasteiger partial charge < -0.3 is 10.4 Å². The van der Waals surface area contributed by atoms with Crippen molar-refractivity contribution in [3.8, 4) is 6.07 Å². The van der Waals surface area contributed by atoms with Gasteiger partial charge in [0.1, 0.15) is 41.3 Å². The van der Waals surface area contributed by atoms with Crippen LogP contribution in [0.15, 0.2) is 60.8 Å². The zero-order valence-electron chi connectivity index (χ0n) is 24.1. The number of alkyl halides is 1. The number of hydrogen-bond donors (Lipinski definition) is 2. The third-order valence-electron chi connectivity index (χ3n) is 8.13. The van der Waals surface area contributed by atoms with Crippen molar-refractivity contribution >= 4 is 51.8 Å². The summed E-state index contributed by atoms with van der Waals surface area (Å²) < 4.78 is 44.5. The Balaban J connectivity index is 1.63. The number of aromatic nitrogens is 1. The molecule has 9 nitrogen and oxygen atoms in total. The minimum Gasteiger partial charge on any atom is -0.383 e. The Kier molecular flexibility index (Phi) is 9.45. The van der Waals surface area contributed by atoms with Crippen LogP contribution in [0.5, 0.6) is 0 Å².